The zero-order valence-corrected chi connectivity index (χ0v) is 13.3. The first-order chi connectivity index (χ1) is 9.38. The van der Waals surface area contributed by atoms with E-state index in [4.69, 9.17) is 0 Å². The molecular weight excluding hydrogens is 316 g/mol. The predicted octanol–water partition coefficient (Wildman–Crippen LogP) is 2.59. The second kappa shape index (κ2) is 6.70. The molecule has 0 saturated carbocycles. The van der Waals surface area contributed by atoms with Crippen molar-refractivity contribution in [2.45, 2.75) is 13.5 Å². The summed E-state index contributed by atoms with van der Waals surface area (Å²) in [6.07, 6.45) is 1.84. The first-order valence-electron chi connectivity index (χ1n) is 6.74. The summed E-state index contributed by atoms with van der Waals surface area (Å²) >= 11 is 0. The summed E-state index contributed by atoms with van der Waals surface area (Å²) in [5.74, 6) is 1.01. The smallest absolute Gasteiger partial charge is 0.194 e. The number of aromatic nitrogens is 1. The molecule has 20 heavy (non-hydrogen) atoms. The summed E-state index contributed by atoms with van der Waals surface area (Å²) in [6, 6.07) is 10.4. The van der Waals surface area contributed by atoms with E-state index in [1.807, 2.05) is 12.3 Å². The second-order valence-corrected chi connectivity index (χ2v) is 4.63. The summed E-state index contributed by atoms with van der Waals surface area (Å²) in [4.78, 5) is 11.2. The molecule has 1 aromatic carbocycles. The average molecular weight is 335 g/mol. The number of benzene rings is 1. The van der Waals surface area contributed by atoms with E-state index < -0.39 is 0 Å². The first-order valence-corrected chi connectivity index (χ1v) is 6.74. The third-order valence-electron chi connectivity index (χ3n) is 3.47. The monoisotopic (exact) mass is 334 g/mol. The molecule has 2 heterocycles. The summed E-state index contributed by atoms with van der Waals surface area (Å²) in [5, 5.41) is 4.61. The van der Waals surface area contributed by atoms with Gasteiger partial charge < -0.3 is 10.2 Å². The van der Waals surface area contributed by atoms with Crippen LogP contribution >= 0.6 is 17.0 Å². The van der Waals surface area contributed by atoms with Crippen molar-refractivity contribution < 1.29 is 0 Å². The number of rotatable bonds is 3. The Kier molecular flexibility index (Phi) is 4.95. The summed E-state index contributed by atoms with van der Waals surface area (Å²) < 4.78 is 0. The van der Waals surface area contributed by atoms with E-state index in [0.29, 0.717) is 0 Å². The standard InChI is InChI=1S/C15H18N4.BrH/c1-2-19-10-9-17-15(19)18-11-13-6-3-5-12-7-4-8-16-14(12)13;/h3-8H,2,9-11H2,1H3,(H,17,18);1H. The van der Waals surface area contributed by atoms with Crippen LogP contribution in [0.1, 0.15) is 12.5 Å². The molecule has 1 N–H and O–H groups in total. The van der Waals surface area contributed by atoms with E-state index >= 15 is 0 Å². The molecule has 0 radical (unpaired) electrons. The normalized spacial score (nSPS) is 14.1. The third-order valence-corrected chi connectivity index (χ3v) is 3.47. The number of nitrogens with zero attached hydrogens (tertiary/aromatic N) is 3. The number of pyridine rings is 1. The molecule has 1 aromatic heterocycles. The Morgan fingerprint density at radius 1 is 1.25 bits per heavy atom. The Bertz CT molecular complexity index is 606. The third kappa shape index (κ3) is 2.93. The van der Waals surface area contributed by atoms with Crippen LogP contribution in [0.25, 0.3) is 10.9 Å². The topological polar surface area (TPSA) is 40.5 Å². The molecular formula is C15H19BrN4. The van der Waals surface area contributed by atoms with Crippen molar-refractivity contribution in [3.8, 4) is 0 Å². The Morgan fingerprint density at radius 2 is 2.10 bits per heavy atom. The molecule has 4 nitrogen and oxygen atoms in total. The Morgan fingerprint density at radius 3 is 2.95 bits per heavy atom. The summed E-state index contributed by atoms with van der Waals surface area (Å²) in [6.45, 7) is 5.84. The number of hydrogen-bond acceptors (Lipinski definition) is 4. The number of hydrogen-bond donors (Lipinski definition) is 1. The maximum absolute atomic E-state index is 4.49. The fourth-order valence-corrected chi connectivity index (χ4v) is 2.44. The van der Waals surface area contributed by atoms with Gasteiger partial charge in [-0.05, 0) is 18.6 Å². The van der Waals surface area contributed by atoms with Crippen molar-refractivity contribution in [3.05, 3.63) is 42.1 Å². The van der Waals surface area contributed by atoms with E-state index in [0.717, 1.165) is 37.7 Å². The van der Waals surface area contributed by atoms with Gasteiger partial charge in [0.1, 0.15) is 0 Å². The molecule has 2 aromatic rings. The van der Waals surface area contributed by atoms with Gasteiger partial charge in [0.15, 0.2) is 5.96 Å². The van der Waals surface area contributed by atoms with E-state index in [2.05, 4.69) is 51.4 Å². The molecule has 1 aliphatic heterocycles. The minimum atomic E-state index is 0. The van der Waals surface area contributed by atoms with Crippen molar-refractivity contribution >= 4 is 33.8 Å². The van der Waals surface area contributed by atoms with Crippen LogP contribution < -0.4 is 5.32 Å². The van der Waals surface area contributed by atoms with Gasteiger partial charge in [-0.25, -0.2) is 0 Å². The zero-order chi connectivity index (χ0) is 13.1. The van der Waals surface area contributed by atoms with Crippen molar-refractivity contribution in [3.63, 3.8) is 0 Å². The highest BCUT2D eigenvalue weighted by atomic mass is 79.9. The fraction of sp³-hybridized carbons (Fsp3) is 0.333. The molecule has 1 aliphatic rings. The Labute approximate surface area is 129 Å². The lowest BCUT2D eigenvalue weighted by Gasteiger charge is -2.19. The van der Waals surface area contributed by atoms with Gasteiger partial charge in [-0.3, -0.25) is 9.98 Å². The van der Waals surface area contributed by atoms with Gasteiger partial charge in [0.2, 0.25) is 0 Å². The lowest BCUT2D eigenvalue weighted by Crippen LogP contribution is -2.37. The number of halogens is 1. The molecule has 5 heteroatoms. The van der Waals surface area contributed by atoms with Crippen molar-refractivity contribution in [2.24, 2.45) is 4.99 Å². The molecule has 0 bridgehead atoms. The molecule has 0 unspecified atom stereocenters. The van der Waals surface area contributed by atoms with Crippen LogP contribution in [0.2, 0.25) is 0 Å². The van der Waals surface area contributed by atoms with Crippen LogP contribution in [0.4, 0.5) is 0 Å². The molecule has 0 spiro atoms. The Hall–Kier alpha value is -1.62. The minimum absolute atomic E-state index is 0. The molecule has 3 rings (SSSR count). The van der Waals surface area contributed by atoms with Gasteiger partial charge in [0, 0.05) is 31.2 Å². The van der Waals surface area contributed by atoms with Crippen molar-refractivity contribution in [2.75, 3.05) is 19.6 Å². The maximum atomic E-state index is 4.49. The molecule has 106 valence electrons. The van der Waals surface area contributed by atoms with Crippen molar-refractivity contribution in [1.82, 2.24) is 15.2 Å². The highest BCUT2D eigenvalue weighted by Crippen LogP contribution is 2.15. The van der Waals surface area contributed by atoms with E-state index in [1.54, 1.807) is 0 Å². The van der Waals surface area contributed by atoms with E-state index in [9.17, 15) is 0 Å². The number of fused-ring (bicyclic) bond motifs is 1. The lowest BCUT2D eigenvalue weighted by molar-refractivity contribution is 0.466. The van der Waals surface area contributed by atoms with Crippen LogP contribution in [0.3, 0.4) is 0 Å². The average Bonchev–Trinajstić information content (AvgIpc) is 2.92. The first kappa shape index (κ1) is 14.8. The van der Waals surface area contributed by atoms with Gasteiger partial charge in [-0.2, -0.15) is 0 Å². The highest BCUT2D eigenvalue weighted by molar-refractivity contribution is 8.93. The lowest BCUT2D eigenvalue weighted by atomic mass is 10.1. The van der Waals surface area contributed by atoms with Gasteiger partial charge in [-0.15, -0.1) is 17.0 Å². The van der Waals surface area contributed by atoms with Crippen molar-refractivity contribution in [1.29, 1.82) is 0 Å². The van der Waals surface area contributed by atoms with Crippen LogP contribution in [0.15, 0.2) is 41.5 Å². The van der Waals surface area contributed by atoms with Crippen LogP contribution in [0.5, 0.6) is 0 Å². The van der Waals surface area contributed by atoms with Crippen LogP contribution in [0, 0.1) is 0 Å². The number of nitrogens with one attached hydrogen (secondary N) is 1. The number of guanidine groups is 1. The molecule has 0 fully saturated rings. The van der Waals surface area contributed by atoms with Gasteiger partial charge in [0.25, 0.3) is 0 Å². The maximum Gasteiger partial charge on any atom is 0.194 e. The van der Waals surface area contributed by atoms with Gasteiger partial charge in [-0.1, -0.05) is 24.3 Å². The predicted molar refractivity (Wildman–Crippen MR) is 88.5 cm³/mol. The molecule has 0 aliphatic carbocycles. The van der Waals surface area contributed by atoms with Crippen LogP contribution in [-0.2, 0) is 6.54 Å². The zero-order valence-electron chi connectivity index (χ0n) is 11.5. The quantitative estimate of drug-likeness (QED) is 0.937. The second-order valence-electron chi connectivity index (χ2n) is 4.63. The number of aliphatic imine (C=N–C) groups is 1. The SMILES string of the molecule is Br.CCN1CCN=C1NCc1cccc2cccnc12. The summed E-state index contributed by atoms with van der Waals surface area (Å²) in [7, 11) is 0. The Balaban J connectivity index is 0.00000147. The van der Waals surface area contributed by atoms with E-state index in [-0.39, 0.29) is 17.0 Å². The summed E-state index contributed by atoms with van der Waals surface area (Å²) in [5.41, 5.74) is 2.28. The van der Waals surface area contributed by atoms with Gasteiger partial charge >= 0.3 is 0 Å². The van der Waals surface area contributed by atoms with E-state index in [1.165, 1.54) is 10.9 Å². The highest BCUT2D eigenvalue weighted by Gasteiger charge is 2.14. The molecule has 0 amide bonds. The number of para-hydroxylation sites is 1. The van der Waals surface area contributed by atoms with Gasteiger partial charge in [0.05, 0.1) is 12.1 Å². The molecule has 0 atom stereocenters. The molecule has 0 saturated heterocycles. The number of likely N-dealkylation sites (N-methyl/N-ethyl adjacent to an activating group) is 1. The minimum Gasteiger partial charge on any atom is -0.352 e. The largest absolute Gasteiger partial charge is 0.352 e. The fourth-order valence-electron chi connectivity index (χ4n) is 2.44. The van der Waals surface area contributed by atoms with Crippen LogP contribution in [-0.4, -0.2) is 35.5 Å².